The Balaban J connectivity index is 1.97. The van der Waals surface area contributed by atoms with Crippen molar-refractivity contribution in [1.82, 2.24) is 4.90 Å². The molecule has 1 heterocycles. The molecule has 4 atom stereocenters. The normalized spacial score (nSPS) is 37.3. The summed E-state index contributed by atoms with van der Waals surface area (Å²) in [4.78, 5) is 25.7. The molecule has 0 aromatic rings. The average molecular weight is 263 g/mol. The van der Waals surface area contributed by atoms with Gasteiger partial charge in [0.25, 0.3) is 0 Å². The molecule has 104 valence electrons. The van der Waals surface area contributed by atoms with E-state index in [1.165, 1.54) is 5.57 Å². The first-order valence-electron chi connectivity index (χ1n) is 7.28. The molecule has 19 heavy (non-hydrogen) atoms. The van der Waals surface area contributed by atoms with Crippen molar-refractivity contribution in [3.8, 4) is 0 Å². The molecular formula is C15H21NO3. The molecule has 1 saturated carbocycles. The first-order valence-corrected chi connectivity index (χ1v) is 7.28. The summed E-state index contributed by atoms with van der Waals surface area (Å²) in [6, 6.07) is 0.179. The maximum atomic E-state index is 12.3. The molecule has 4 unspecified atom stereocenters. The predicted octanol–water partition coefficient (Wildman–Crippen LogP) is 2.05. The zero-order chi connectivity index (χ0) is 13.7. The van der Waals surface area contributed by atoms with Crippen molar-refractivity contribution in [1.29, 1.82) is 0 Å². The monoisotopic (exact) mass is 263 g/mol. The summed E-state index contributed by atoms with van der Waals surface area (Å²) in [5.74, 6) is -1.46. The fourth-order valence-corrected chi connectivity index (χ4v) is 4.18. The van der Waals surface area contributed by atoms with E-state index in [1.54, 1.807) is 0 Å². The van der Waals surface area contributed by atoms with Crippen molar-refractivity contribution in [3.63, 3.8) is 0 Å². The summed E-state index contributed by atoms with van der Waals surface area (Å²) in [7, 11) is 0. The number of likely N-dealkylation sites (tertiary alicyclic amines) is 1. The van der Waals surface area contributed by atoms with Gasteiger partial charge in [-0.3, -0.25) is 9.59 Å². The lowest BCUT2D eigenvalue weighted by Gasteiger charge is -2.55. The minimum atomic E-state index is -0.788. The van der Waals surface area contributed by atoms with Gasteiger partial charge in [-0.05, 0) is 39.0 Å². The molecule has 4 heteroatoms. The molecule has 2 fully saturated rings. The van der Waals surface area contributed by atoms with E-state index < -0.39 is 11.9 Å². The van der Waals surface area contributed by atoms with Crippen LogP contribution in [-0.2, 0) is 9.59 Å². The Morgan fingerprint density at radius 3 is 2.79 bits per heavy atom. The smallest absolute Gasteiger partial charge is 0.308 e. The highest BCUT2D eigenvalue weighted by atomic mass is 16.4. The minimum Gasteiger partial charge on any atom is -0.481 e. The molecular weight excluding hydrogens is 242 g/mol. The van der Waals surface area contributed by atoms with Crippen LogP contribution < -0.4 is 0 Å². The first kappa shape index (κ1) is 12.7. The number of rotatable bonds is 2. The number of fused-ring (bicyclic) bond motifs is 2. The maximum Gasteiger partial charge on any atom is 0.308 e. The van der Waals surface area contributed by atoms with E-state index in [4.69, 9.17) is 0 Å². The van der Waals surface area contributed by atoms with E-state index in [9.17, 15) is 14.7 Å². The molecule has 0 spiro atoms. The van der Waals surface area contributed by atoms with Crippen LogP contribution >= 0.6 is 0 Å². The van der Waals surface area contributed by atoms with Gasteiger partial charge >= 0.3 is 5.97 Å². The first-order chi connectivity index (χ1) is 9.02. The van der Waals surface area contributed by atoms with Crippen molar-refractivity contribution >= 4 is 11.9 Å². The van der Waals surface area contributed by atoms with Crippen molar-refractivity contribution in [2.24, 2.45) is 17.8 Å². The number of nitrogens with zero attached hydrogens (tertiary/aromatic N) is 1. The number of carboxylic acids is 1. The van der Waals surface area contributed by atoms with Crippen molar-refractivity contribution < 1.29 is 14.7 Å². The summed E-state index contributed by atoms with van der Waals surface area (Å²) >= 11 is 0. The minimum absolute atomic E-state index is 0.0259. The number of hydrogen-bond donors (Lipinski definition) is 1. The molecule has 3 rings (SSSR count). The fourth-order valence-electron chi connectivity index (χ4n) is 4.18. The van der Waals surface area contributed by atoms with Crippen LogP contribution in [-0.4, -0.2) is 34.0 Å². The molecule has 2 aliphatic carbocycles. The Bertz CT molecular complexity index is 454. The second-order valence-corrected chi connectivity index (χ2v) is 6.31. The van der Waals surface area contributed by atoms with Crippen molar-refractivity contribution in [2.75, 3.05) is 0 Å². The van der Waals surface area contributed by atoms with Gasteiger partial charge in [0.1, 0.15) is 0 Å². The lowest BCUT2D eigenvalue weighted by Crippen LogP contribution is -2.68. The zero-order valence-electron chi connectivity index (χ0n) is 11.5. The van der Waals surface area contributed by atoms with Crippen LogP contribution in [0.25, 0.3) is 0 Å². The second-order valence-electron chi connectivity index (χ2n) is 6.31. The van der Waals surface area contributed by atoms with Gasteiger partial charge in [0.15, 0.2) is 0 Å². The highest BCUT2D eigenvalue weighted by Gasteiger charge is 2.58. The van der Waals surface area contributed by atoms with Gasteiger partial charge in [-0.25, -0.2) is 0 Å². The number of aliphatic carboxylic acids is 1. The summed E-state index contributed by atoms with van der Waals surface area (Å²) in [6.07, 6.45) is 6.39. The van der Waals surface area contributed by atoms with Crippen LogP contribution in [0.1, 0.15) is 39.5 Å². The molecule has 3 aliphatic rings. The number of amides is 1. The Kier molecular flexibility index (Phi) is 2.91. The fraction of sp³-hybridized carbons (Fsp3) is 0.733. The molecule has 1 amide bonds. The highest BCUT2D eigenvalue weighted by molar-refractivity contribution is 5.92. The number of carbonyl (C=O) groups excluding carboxylic acids is 1. The Morgan fingerprint density at radius 2 is 2.16 bits per heavy atom. The van der Waals surface area contributed by atoms with Crippen molar-refractivity contribution in [2.45, 2.75) is 51.6 Å². The quantitative estimate of drug-likeness (QED) is 0.613. The third kappa shape index (κ3) is 1.72. The van der Waals surface area contributed by atoms with Crippen molar-refractivity contribution in [3.05, 3.63) is 11.6 Å². The van der Waals surface area contributed by atoms with Gasteiger partial charge in [-0.15, -0.1) is 0 Å². The molecule has 0 aromatic heterocycles. The summed E-state index contributed by atoms with van der Waals surface area (Å²) < 4.78 is 0. The van der Waals surface area contributed by atoms with Crippen LogP contribution in [0.2, 0.25) is 0 Å². The second kappa shape index (κ2) is 4.36. The Morgan fingerprint density at radius 1 is 1.42 bits per heavy atom. The zero-order valence-corrected chi connectivity index (χ0v) is 11.5. The standard InChI is InChI=1S/C15H21NO3/c1-8(2)16-11-7-9-5-3-4-6-10(9)12(15(18)19)13(11)14(16)17/h7-8,10-13H,3-6H2,1-2H3,(H,18,19). The van der Waals surface area contributed by atoms with Crippen LogP contribution in [0.3, 0.4) is 0 Å². The molecule has 1 aliphatic heterocycles. The number of carboxylic acid groups (broad SMARTS) is 1. The van der Waals surface area contributed by atoms with Crippen LogP contribution in [0, 0.1) is 17.8 Å². The highest BCUT2D eigenvalue weighted by Crippen LogP contribution is 2.49. The molecule has 4 nitrogen and oxygen atoms in total. The summed E-state index contributed by atoms with van der Waals surface area (Å²) in [6.45, 7) is 3.99. The largest absolute Gasteiger partial charge is 0.481 e. The van der Waals surface area contributed by atoms with Crippen LogP contribution in [0.4, 0.5) is 0 Å². The SMILES string of the molecule is CC(C)N1C(=O)C2C(C(=O)O)C3CCCCC3=CC21. The number of β-lactam (4-membered cyclic amide) rings is 1. The number of hydrogen-bond acceptors (Lipinski definition) is 2. The van der Waals surface area contributed by atoms with Gasteiger partial charge in [0, 0.05) is 6.04 Å². The van der Waals surface area contributed by atoms with Gasteiger partial charge in [0.05, 0.1) is 17.9 Å². The number of carbonyl (C=O) groups is 2. The third-order valence-corrected chi connectivity index (χ3v) is 4.98. The summed E-state index contributed by atoms with van der Waals surface area (Å²) in [5, 5.41) is 9.54. The molecule has 1 N–H and O–H groups in total. The van der Waals surface area contributed by atoms with Gasteiger partial charge in [-0.2, -0.15) is 0 Å². The van der Waals surface area contributed by atoms with E-state index in [0.29, 0.717) is 0 Å². The van der Waals surface area contributed by atoms with Crippen LogP contribution in [0.15, 0.2) is 11.6 Å². The topological polar surface area (TPSA) is 57.6 Å². The van der Waals surface area contributed by atoms with E-state index in [-0.39, 0.29) is 29.8 Å². The van der Waals surface area contributed by atoms with E-state index >= 15 is 0 Å². The Labute approximate surface area is 113 Å². The van der Waals surface area contributed by atoms with E-state index in [1.807, 2.05) is 18.7 Å². The van der Waals surface area contributed by atoms with Gasteiger partial charge in [-0.1, -0.05) is 18.1 Å². The average Bonchev–Trinajstić information content (AvgIpc) is 2.35. The molecule has 0 bridgehead atoms. The molecule has 0 radical (unpaired) electrons. The van der Waals surface area contributed by atoms with Gasteiger partial charge in [0.2, 0.25) is 5.91 Å². The molecule has 1 saturated heterocycles. The summed E-state index contributed by atoms with van der Waals surface area (Å²) in [5.41, 5.74) is 1.29. The third-order valence-electron chi connectivity index (χ3n) is 4.98. The predicted molar refractivity (Wildman–Crippen MR) is 70.4 cm³/mol. The van der Waals surface area contributed by atoms with E-state index in [0.717, 1.165) is 25.7 Å². The van der Waals surface area contributed by atoms with Crippen LogP contribution in [0.5, 0.6) is 0 Å². The molecule has 0 aromatic carbocycles. The Hall–Kier alpha value is -1.32. The lowest BCUT2D eigenvalue weighted by molar-refractivity contribution is -0.172. The lowest BCUT2D eigenvalue weighted by atomic mass is 9.61. The maximum absolute atomic E-state index is 12.3. The van der Waals surface area contributed by atoms with Gasteiger partial charge < -0.3 is 10.0 Å². The van der Waals surface area contributed by atoms with E-state index in [2.05, 4.69) is 6.08 Å². The number of allylic oxidation sites excluding steroid dienone is 1.